The van der Waals surface area contributed by atoms with Gasteiger partial charge in [0.05, 0.1) is 6.61 Å². The number of aliphatic carboxylic acids is 1. The first-order valence-corrected chi connectivity index (χ1v) is 22.8. The highest BCUT2D eigenvalue weighted by atomic mass is 16.7. The van der Waals surface area contributed by atoms with E-state index in [-0.39, 0.29) is 19.4 Å². The van der Waals surface area contributed by atoms with E-state index < -0.39 is 61.3 Å². The fourth-order valence-corrected chi connectivity index (χ4v) is 6.55. The molecule has 1 fully saturated rings. The maximum Gasteiger partial charge on any atom is 0.335 e. The zero-order valence-corrected chi connectivity index (χ0v) is 36.5. The minimum absolute atomic E-state index is 0.176. The van der Waals surface area contributed by atoms with Gasteiger partial charge in [0.1, 0.15) is 24.9 Å². The van der Waals surface area contributed by atoms with Crippen molar-refractivity contribution in [3.8, 4) is 0 Å². The molecule has 11 nitrogen and oxygen atoms in total. The average molecular weight is 833 g/mol. The van der Waals surface area contributed by atoms with Crippen molar-refractivity contribution in [2.24, 2.45) is 0 Å². The van der Waals surface area contributed by atoms with Gasteiger partial charge in [-0.3, -0.25) is 9.59 Å². The number of hydrogen-bond donors (Lipinski definition) is 4. The van der Waals surface area contributed by atoms with E-state index in [1.54, 1.807) is 0 Å². The molecule has 0 radical (unpaired) electrons. The number of aliphatic hydroxyl groups excluding tert-OH is 3. The lowest BCUT2D eigenvalue weighted by Crippen LogP contribution is -2.60. The Labute approximate surface area is 356 Å². The van der Waals surface area contributed by atoms with E-state index in [0.717, 1.165) is 70.6 Å². The van der Waals surface area contributed by atoms with Gasteiger partial charge in [-0.15, -0.1) is 0 Å². The Morgan fingerprint density at radius 2 is 1.00 bits per heavy atom. The van der Waals surface area contributed by atoms with Gasteiger partial charge >= 0.3 is 17.9 Å². The maximum absolute atomic E-state index is 12.8. The molecule has 6 unspecified atom stereocenters. The molecule has 1 heterocycles. The Kier molecular flexibility index (Phi) is 34.6. The Balaban J connectivity index is 2.39. The summed E-state index contributed by atoms with van der Waals surface area (Å²) in [5.41, 5.74) is 0. The fourth-order valence-electron chi connectivity index (χ4n) is 6.55. The first-order valence-electron chi connectivity index (χ1n) is 22.8. The molecule has 6 atom stereocenters. The van der Waals surface area contributed by atoms with Crippen molar-refractivity contribution in [1.29, 1.82) is 0 Å². The molecule has 1 aliphatic rings. The lowest BCUT2D eigenvalue weighted by Gasteiger charge is -2.38. The normalized spacial score (nSPS) is 20.5. The highest BCUT2D eigenvalue weighted by molar-refractivity contribution is 5.73. The zero-order valence-electron chi connectivity index (χ0n) is 36.5. The third kappa shape index (κ3) is 29.7. The monoisotopic (exact) mass is 833 g/mol. The predicted molar refractivity (Wildman–Crippen MR) is 234 cm³/mol. The maximum atomic E-state index is 12.8. The summed E-state index contributed by atoms with van der Waals surface area (Å²) < 4.78 is 21.7. The molecule has 0 amide bonds. The van der Waals surface area contributed by atoms with E-state index in [1.807, 2.05) is 0 Å². The summed E-state index contributed by atoms with van der Waals surface area (Å²) in [5, 5.41) is 39.8. The summed E-state index contributed by atoms with van der Waals surface area (Å²) in [4.78, 5) is 36.8. The van der Waals surface area contributed by atoms with Gasteiger partial charge in [-0.25, -0.2) is 4.79 Å². The number of carboxylic acids is 1. The van der Waals surface area contributed by atoms with Crippen LogP contribution in [0.4, 0.5) is 0 Å². The predicted octanol–water partition coefficient (Wildman–Crippen LogP) is 9.92. The minimum atomic E-state index is -1.87. The lowest BCUT2D eigenvalue weighted by molar-refractivity contribution is -0.298. The number of esters is 2. The number of hydrogen-bond acceptors (Lipinski definition) is 10. The van der Waals surface area contributed by atoms with Gasteiger partial charge in [-0.2, -0.15) is 0 Å². The van der Waals surface area contributed by atoms with Gasteiger partial charge in [0.15, 0.2) is 18.5 Å². The molecule has 0 bridgehead atoms. The number of unbranched alkanes of at least 4 members (excludes halogenated alkanes) is 16. The third-order valence-electron chi connectivity index (χ3n) is 10.1. The molecule has 0 aromatic heterocycles. The van der Waals surface area contributed by atoms with Crippen LogP contribution in [0, 0.1) is 0 Å². The molecular weight excluding hydrogens is 753 g/mol. The summed E-state index contributed by atoms with van der Waals surface area (Å²) in [6.07, 6.45) is 37.0. The molecule has 0 aromatic carbocycles. The van der Waals surface area contributed by atoms with Crippen molar-refractivity contribution in [3.63, 3.8) is 0 Å². The standard InChI is InChI=1S/C48H80O11/c1-3-5-7-9-11-13-15-17-19-20-21-22-23-25-26-28-30-32-34-36-41(49)56-38-40(39-57-48-45(53)43(51)44(52)46(59-48)47(54)55)58-42(50)37-35-33-31-29-27-24-18-16-14-12-10-8-6-4-2/h5,7,11,13,17,19,21-22,25-26,40,43-46,48,51-53H,3-4,6,8-10,12,14-16,18,20,23-24,27-39H2,1-2H3,(H,54,55)/b7-5-,13-11-,19-17-,22-21-,26-25-. The largest absolute Gasteiger partial charge is 0.479 e. The van der Waals surface area contributed by atoms with Crippen LogP contribution in [-0.2, 0) is 33.3 Å². The first kappa shape index (κ1) is 53.9. The number of aliphatic hydroxyl groups is 3. The molecule has 0 spiro atoms. The Morgan fingerprint density at radius 1 is 0.542 bits per heavy atom. The van der Waals surface area contributed by atoms with E-state index in [1.165, 1.54) is 64.2 Å². The summed E-state index contributed by atoms with van der Waals surface area (Å²) in [6, 6.07) is 0. The van der Waals surface area contributed by atoms with Crippen LogP contribution < -0.4 is 0 Å². The summed E-state index contributed by atoms with van der Waals surface area (Å²) >= 11 is 0. The van der Waals surface area contributed by atoms with E-state index >= 15 is 0 Å². The Morgan fingerprint density at radius 3 is 1.51 bits per heavy atom. The molecule has 0 aliphatic carbocycles. The Hall–Kier alpha value is -3.09. The second-order valence-electron chi connectivity index (χ2n) is 15.5. The summed E-state index contributed by atoms with van der Waals surface area (Å²) in [7, 11) is 0. The van der Waals surface area contributed by atoms with Gasteiger partial charge in [-0.05, 0) is 57.8 Å². The van der Waals surface area contributed by atoms with Crippen molar-refractivity contribution in [2.75, 3.05) is 13.2 Å². The van der Waals surface area contributed by atoms with Crippen LogP contribution in [0.25, 0.3) is 0 Å². The highest BCUT2D eigenvalue weighted by Crippen LogP contribution is 2.23. The number of allylic oxidation sites excluding steroid dienone is 10. The van der Waals surface area contributed by atoms with Crippen molar-refractivity contribution >= 4 is 17.9 Å². The first-order chi connectivity index (χ1) is 28.7. The van der Waals surface area contributed by atoms with Gasteiger partial charge < -0.3 is 39.4 Å². The second kappa shape index (κ2) is 37.9. The highest BCUT2D eigenvalue weighted by Gasteiger charge is 2.47. The van der Waals surface area contributed by atoms with Gasteiger partial charge in [0, 0.05) is 12.8 Å². The molecule has 0 aromatic rings. The molecule has 0 saturated carbocycles. The van der Waals surface area contributed by atoms with Gasteiger partial charge in [0.2, 0.25) is 0 Å². The number of rotatable bonds is 37. The van der Waals surface area contributed by atoms with Crippen molar-refractivity contribution < 1.29 is 53.8 Å². The average Bonchev–Trinajstić information content (AvgIpc) is 3.22. The van der Waals surface area contributed by atoms with E-state index in [0.29, 0.717) is 12.8 Å². The third-order valence-corrected chi connectivity index (χ3v) is 10.1. The van der Waals surface area contributed by atoms with Crippen LogP contribution in [0.1, 0.15) is 174 Å². The van der Waals surface area contributed by atoms with Crippen LogP contribution in [0.2, 0.25) is 0 Å². The molecule has 1 aliphatic heterocycles. The van der Waals surface area contributed by atoms with Crippen molar-refractivity contribution in [3.05, 3.63) is 60.8 Å². The van der Waals surface area contributed by atoms with Crippen LogP contribution in [0.5, 0.6) is 0 Å². The molecule has 338 valence electrons. The number of carbonyl (C=O) groups excluding carboxylic acids is 2. The SMILES string of the molecule is CC/C=C\C/C=C\C/C=C\C/C=C\C/C=C\CCCCCC(=O)OCC(COC1OC(C(=O)O)C(O)C(O)C1O)OC(=O)CCCCCCCCCCCCCCCC. The fraction of sp³-hybridized carbons (Fsp3) is 0.729. The summed E-state index contributed by atoms with van der Waals surface area (Å²) in [6.45, 7) is 3.67. The lowest BCUT2D eigenvalue weighted by atomic mass is 9.99. The number of ether oxygens (including phenoxy) is 4. The number of carboxylic acid groups (broad SMARTS) is 1. The molecule has 4 N–H and O–H groups in total. The zero-order chi connectivity index (χ0) is 43.2. The van der Waals surface area contributed by atoms with Crippen molar-refractivity contribution in [2.45, 2.75) is 211 Å². The second-order valence-corrected chi connectivity index (χ2v) is 15.5. The van der Waals surface area contributed by atoms with E-state index in [4.69, 9.17) is 18.9 Å². The van der Waals surface area contributed by atoms with Crippen LogP contribution in [0.3, 0.4) is 0 Å². The quantitative estimate of drug-likeness (QED) is 0.0267. The van der Waals surface area contributed by atoms with Crippen LogP contribution >= 0.6 is 0 Å². The molecule has 59 heavy (non-hydrogen) atoms. The molecular formula is C48H80O11. The molecule has 1 saturated heterocycles. The van der Waals surface area contributed by atoms with E-state index in [9.17, 15) is 34.8 Å². The topological polar surface area (TPSA) is 169 Å². The van der Waals surface area contributed by atoms with Crippen LogP contribution in [-0.4, -0.2) is 88.4 Å². The minimum Gasteiger partial charge on any atom is -0.479 e. The van der Waals surface area contributed by atoms with Crippen LogP contribution in [0.15, 0.2) is 60.8 Å². The smallest absolute Gasteiger partial charge is 0.335 e. The van der Waals surface area contributed by atoms with E-state index in [2.05, 4.69) is 74.6 Å². The summed E-state index contributed by atoms with van der Waals surface area (Å²) in [5.74, 6) is -2.49. The molecule has 11 heteroatoms. The molecule has 1 rings (SSSR count). The van der Waals surface area contributed by atoms with Gasteiger partial charge in [-0.1, -0.05) is 164 Å². The van der Waals surface area contributed by atoms with Gasteiger partial charge in [0.25, 0.3) is 0 Å². The van der Waals surface area contributed by atoms with Crippen molar-refractivity contribution in [1.82, 2.24) is 0 Å². The Bertz CT molecular complexity index is 1210. The number of carbonyl (C=O) groups is 3.